The van der Waals surface area contributed by atoms with Crippen molar-refractivity contribution in [2.24, 2.45) is 0 Å². The van der Waals surface area contributed by atoms with Gasteiger partial charge in [0.05, 0.1) is 11.4 Å². The fraction of sp³-hybridized carbons (Fsp3) is 0.350. The first-order valence-corrected chi connectivity index (χ1v) is 8.77. The van der Waals surface area contributed by atoms with Gasteiger partial charge < -0.3 is 10.4 Å². The van der Waals surface area contributed by atoms with Crippen molar-refractivity contribution in [2.45, 2.75) is 32.6 Å². The SMILES string of the molecule is Cc1ccc(-c2nc3nc([C@@H]4CCCNC4)cnc3cc2C)c(O)c1. The van der Waals surface area contributed by atoms with Crippen molar-refractivity contribution < 1.29 is 5.11 Å². The standard InChI is InChI=1S/C20H22N4O/c1-12-5-6-15(18(25)8-12)19-13(2)9-16-20(24-19)23-17(11-22-16)14-4-3-7-21-10-14/h5-6,8-9,11,14,21,25H,3-4,7,10H2,1-2H3/t14-/m1/s1. The van der Waals surface area contributed by atoms with Gasteiger partial charge in [0, 0.05) is 24.2 Å². The van der Waals surface area contributed by atoms with Crippen LogP contribution in [0.3, 0.4) is 0 Å². The minimum Gasteiger partial charge on any atom is -0.507 e. The van der Waals surface area contributed by atoms with E-state index in [0.717, 1.165) is 59.5 Å². The summed E-state index contributed by atoms with van der Waals surface area (Å²) >= 11 is 0. The summed E-state index contributed by atoms with van der Waals surface area (Å²) < 4.78 is 0. The Kier molecular flexibility index (Phi) is 4.09. The number of piperidine rings is 1. The summed E-state index contributed by atoms with van der Waals surface area (Å²) in [5.74, 6) is 0.639. The van der Waals surface area contributed by atoms with Gasteiger partial charge in [-0.05, 0) is 62.6 Å². The van der Waals surface area contributed by atoms with E-state index in [-0.39, 0.29) is 5.75 Å². The molecule has 4 rings (SSSR count). The number of rotatable bonds is 2. The molecule has 5 nitrogen and oxygen atoms in total. The van der Waals surface area contributed by atoms with Gasteiger partial charge in [-0.2, -0.15) is 0 Å². The van der Waals surface area contributed by atoms with E-state index < -0.39 is 0 Å². The summed E-state index contributed by atoms with van der Waals surface area (Å²) in [4.78, 5) is 14.1. The highest BCUT2D eigenvalue weighted by molar-refractivity contribution is 5.79. The van der Waals surface area contributed by atoms with E-state index in [0.29, 0.717) is 11.6 Å². The van der Waals surface area contributed by atoms with Crippen molar-refractivity contribution in [1.82, 2.24) is 20.3 Å². The number of pyridine rings is 1. The van der Waals surface area contributed by atoms with Gasteiger partial charge in [-0.1, -0.05) is 6.07 Å². The van der Waals surface area contributed by atoms with Gasteiger partial charge in [0.1, 0.15) is 11.3 Å². The molecule has 1 fully saturated rings. The molecule has 5 heteroatoms. The zero-order valence-corrected chi connectivity index (χ0v) is 14.6. The van der Waals surface area contributed by atoms with Crippen LogP contribution in [0, 0.1) is 13.8 Å². The van der Waals surface area contributed by atoms with Gasteiger partial charge in [0.15, 0.2) is 5.65 Å². The Labute approximate surface area is 147 Å². The molecule has 3 aromatic rings. The molecule has 0 unspecified atom stereocenters. The maximum Gasteiger partial charge on any atom is 0.179 e. The Morgan fingerprint density at radius 1 is 1.16 bits per heavy atom. The van der Waals surface area contributed by atoms with Crippen LogP contribution < -0.4 is 5.32 Å². The number of benzene rings is 1. The summed E-state index contributed by atoms with van der Waals surface area (Å²) in [6.45, 7) is 5.96. The van der Waals surface area contributed by atoms with Crippen LogP contribution in [0.15, 0.2) is 30.5 Å². The second-order valence-corrected chi connectivity index (χ2v) is 6.86. The van der Waals surface area contributed by atoms with Gasteiger partial charge >= 0.3 is 0 Å². The lowest BCUT2D eigenvalue weighted by molar-refractivity contribution is 0.454. The molecule has 0 bridgehead atoms. The minimum atomic E-state index is 0.246. The molecule has 2 N–H and O–H groups in total. The number of nitrogens with zero attached hydrogens (tertiary/aromatic N) is 3. The molecule has 0 aliphatic carbocycles. The maximum absolute atomic E-state index is 10.3. The minimum absolute atomic E-state index is 0.246. The highest BCUT2D eigenvalue weighted by Gasteiger charge is 2.18. The molecule has 0 saturated carbocycles. The van der Waals surface area contributed by atoms with Crippen molar-refractivity contribution >= 4 is 11.2 Å². The van der Waals surface area contributed by atoms with Crippen LogP contribution in [0.1, 0.15) is 35.6 Å². The second kappa shape index (κ2) is 6.41. The first-order valence-electron chi connectivity index (χ1n) is 8.77. The lowest BCUT2D eigenvalue weighted by Gasteiger charge is -2.22. The lowest BCUT2D eigenvalue weighted by atomic mass is 9.96. The first kappa shape index (κ1) is 16.0. The van der Waals surface area contributed by atoms with E-state index in [1.54, 1.807) is 6.07 Å². The number of hydrogen-bond acceptors (Lipinski definition) is 5. The number of hydrogen-bond donors (Lipinski definition) is 2. The van der Waals surface area contributed by atoms with E-state index in [1.165, 1.54) is 0 Å². The molecule has 1 aromatic carbocycles. The van der Waals surface area contributed by atoms with E-state index >= 15 is 0 Å². The molecule has 1 saturated heterocycles. The molecule has 0 amide bonds. The van der Waals surface area contributed by atoms with Crippen LogP contribution in [0.25, 0.3) is 22.4 Å². The van der Waals surface area contributed by atoms with Gasteiger partial charge in [0.25, 0.3) is 0 Å². The molecule has 2 aromatic heterocycles. The smallest absolute Gasteiger partial charge is 0.179 e. The monoisotopic (exact) mass is 334 g/mol. The van der Waals surface area contributed by atoms with E-state index in [1.807, 2.05) is 38.2 Å². The third kappa shape index (κ3) is 3.07. The number of phenols is 1. The van der Waals surface area contributed by atoms with Crippen LogP contribution in [-0.4, -0.2) is 33.1 Å². The molecular weight excluding hydrogens is 312 g/mol. The summed E-state index contributed by atoms with van der Waals surface area (Å²) in [5, 5.41) is 13.7. The fourth-order valence-corrected chi connectivity index (χ4v) is 3.47. The summed E-state index contributed by atoms with van der Waals surface area (Å²) in [5.41, 5.74) is 5.92. The number of phenolic OH excluding ortho intramolecular Hbond substituents is 1. The molecule has 0 spiro atoms. The highest BCUT2D eigenvalue weighted by Crippen LogP contribution is 2.32. The Balaban J connectivity index is 1.81. The summed E-state index contributed by atoms with van der Waals surface area (Å²) in [7, 11) is 0. The van der Waals surface area contributed by atoms with Gasteiger partial charge in [-0.15, -0.1) is 0 Å². The number of aromatic hydroxyl groups is 1. The quantitative estimate of drug-likeness (QED) is 0.751. The van der Waals surface area contributed by atoms with Crippen molar-refractivity contribution in [1.29, 1.82) is 0 Å². The van der Waals surface area contributed by atoms with Gasteiger partial charge in [0.2, 0.25) is 0 Å². The molecule has 25 heavy (non-hydrogen) atoms. The zero-order chi connectivity index (χ0) is 17.4. The van der Waals surface area contributed by atoms with E-state index in [9.17, 15) is 5.11 Å². The van der Waals surface area contributed by atoms with Gasteiger partial charge in [-0.25, -0.2) is 9.97 Å². The highest BCUT2D eigenvalue weighted by atomic mass is 16.3. The van der Waals surface area contributed by atoms with Crippen molar-refractivity contribution in [3.8, 4) is 17.0 Å². The Hall–Kier alpha value is -2.53. The molecule has 1 aliphatic rings. The Morgan fingerprint density at radius 3 is 2.80 bits per heavy atom. The topological polar surface area (TPSA) is 70.9 Å². The van der Waals surface area contributed by atoms with Crippen LogP contribution in [0.4, 0.5) is 0 Å². The van der Waals surface area contributed by atoms with Crippen LogP contribution in [0.2, 0.25) is 0 Å². The third-order valence-electron chi connectivity index (χ3n) is 4.87. The van der Waals surface area contributed by atoms with Crippen LogP contribution in [0.5, 0.6) is 5.75 Å². The number of aromatic nitrogens is 3. The molecular formula is C20H22N4O. The average Bonchev–Trinajstić information content (AvgIpc) is 2.62. The first-order chi connectivity index (χ1) is 12.1. The van der Waals surface area contributed by atoms with Crippen molar-refractivity contribution in [3.05, 3.63) is 47.3 Å². The molecule has 128 valence electrons. The Bertz CT molecular complexity index is 932. The fourth-order valence-electron chi connectivity index (χ4n) is 3.47. The normalized spacial score (nSPS) is 17.8. The predicted octanol–water partition coefficient (Wildman–Crippen LogP) is 3.48. The molecule has 1 atom stereocenters. The Morgan fingerprint density at radius 2 is 2.04 bits per heavy atom. The lowest BCUT2D eigenvalue weighted by Crippen LogP contribution is -2.28. The van der Waals surface area contributed by atoms with Gasteiger partial charge in [-0.3, -0.25) is 4.98 Å². The molecule has 3 heterocycles. The number of aryl methyl sites for hydroxylation is 2. The predicted molar refractivity (Wildman–Crippen MR) is 98.8 cm³/mol. The maximum atomic E-state index is 10.3. The van der Waals surface area contributed by atoms with Crippen LogP contribution >= 0.6 is 0 Å². The van der Waals surface area contributed by atoms with Crippen LogP contribution in [-0.2, 0) is 0 Å². The molecule has 0 radical (unpaired) electrons. The van der Waals surface area contributed by atoms with Crippen molar-refractivity contribution in [2.75, 3.05) is 13.1 Å². The summed E-state index contributed by atoms with van der Waals surface area (Å²) in [6.07, 6.45) is 4.17. The second-order valence-electron chi connectivity index (χ2n) is 6.86. The average molecular weight is 334 g/mol. The largest absolute Gasteiger partial charge is 0.507 e. The summed E-state index contributed by atoms with van der Waals surface area (Å²) in [6, 6.07) is 7.65. The number of nitrogens with one attached hydrogen (secondary N) is 1. The third-order valence-corrected chi connectivity index (χ3v) is 4.87. The molecule has 1 aliphatic heterocycles. The zero-order valence-electron chi connectivity index (χ0n) is 14.6. The van der Waals surface area contributed by atoms with E-state index in [2.05, 4.69) is 10.3 Å². The van der Waals surface area contributed by atoms with Crippen molar-refractivity contribution in [3.63, 3.8) is 0 Å². The number of fused-ring (bicyclic) bond motifs is 1. The van der Waals surface area contributed by atoms with E-state index in [4.69, 9.17) is 9.97 Å².